The minimum atomic E-state index is -0.0162. The lowest BCUT2D eigenvalue weighted by Gasteiger charge is -2.36. The van der Waals surface area contributed by atoms with Gasteiger partial charge in [-0.1, -0.05) is 48.3 Å². The molecule has 6 heteroatoms. The van der Waals surface area contributed by atoms with Gasteiger partial charge in [0.1, 0.15) is 0 Å². The van der Waals surface area contributed by atoms with Crippen molar-refractivity contribution in [2.24, 2.45) is 0 Å². The summed E-state index contributed by atoms with van der Waals surface area (Å²) < 4.78 is 0. The van der Waals surface area contributed by atoms with E-state index in [4.69, 9.17) is 23.2 Å². The number of nitrogens with zero attached hydrogens (tertiary/aromatic N) is 2. The standard InChI is InChI=1S/C20H23Cl2N3O/c1-2-19(15-6-8-16(21)9-7-15)23-20(26)25-12-10-24(11-13-25)18-5-3-4-17(22)14-18/h3-9,14,19H,2,10-13H2,1H3,(H,23,26). The highest BCUT2D eigenvalue weighted by atomic mass is 35.5. The number of carbonyl (C=O) groups is 1. The molecule has 0 saturated carbocycles. The molecular formula is C20H23Cl2N3O. The van der Waals surface area contributed by atoms with E-state index in [-0.39, 0.29) is 12.1 Å². The third kappa shape index (κ3) is 4.63. The summed E-state index contributed by atoms with van der Waals surface area (Å²) in [5.74, 6) is 0. The molecule has 3 rings (SSSR count). The van der Waals surface area contributed by atoms with Crippen molar-refractivity contribution >= 4 is 34.9 Å². The maximum absolute atomic E-state index is 12.7. The first-order chi connectivity index (χ1) is 12.6. The van der Waals surface area contributed by atoms with Crippen molar-refractivity contribution in [3.63, 3.8) is 0 Å². The fourth-order valence-electron chi connectivity index (χ4n) is 3.20. The third-order valence-electron chi connectivity index (χ3n) is 4.72. The number of carbonyl (C=O) groups excluding carboxylic acids is 1. The zero-order chi connectivity index (χ0) is 18.5. The van der Waals surface area contributed by atoms with Crippen molar-refractivity contribution in [1.82, 2.24) is 10.2 Å². The van der Waals surface area contributed by atoms with Crippen LogP contribution in [0.1, 0.15) is 24.9 Å². The van der Waals surface area contributed by atoms with Crippen molar-refractivity contribution in [1.29, 1.82) is 0 Å². The number of halogens is 2. The fraction of sp³-hybridized carbons (Fsp3) is 0.350. The van der Waals surface area contributed by atoms with Crippen LogP contribution >= 0.6 is 23.2 Å². The Balaban J connectivity index is 1.56. The van der Waals surface area contributed by atoms with Gasteiger partial charge in [-0.2, -0.15) is 0 Å². The molecule has 0 aliphatic carbocycles. The average Bonchev–Trinajstić information content (AvgIpc) is 2.67. The predicted molar refractivity (Wildman–Crippen MR) is 108 cm³/mol. The second-order valence-electron chi connectivity index (χ2n) is 6.42. The quantitative estimate of drug-likeness (QED) is 0.797. The monoisotopic (exact) mass is 391 g/mol. The van der Waals surface area contributed by atoms with E-state index < -0.39 is 0 Å². The number of nitrogens with one attached hydrogen (secondary N) is 1. The zero-order valence-electron chi connectivity index (χ0n) is 14.8. The minimum absolute atomic E-state index is 0.00859. The van der Waals surface area contributed by atoms with Crippen LogP contribution < -0.4 is 10.2 Å². The zero-order valence-corrected chi connectivity index (χ0v) is 16.3. The normalized spacial score (nSPS) is 15.7. The van der Waals surface area contributed by atoms with Crippen LogP contribution in [-0.4, -0.2) is 37.1 Å². The van der Waals surface area contributed by atoms with Gasteiger partial charge in [0.15, 0.2) is 0 Å². The van der Waals surface area contributed by atoms with Crippen LogP contribution in [0.2, 0.25) is 10.0 Å². The Kier molecular flexibility index (Phi) is 6.28. The number of amides is 2. The molecule has 0 spiro atoms. The summed E-state index contributed by atoms with van der Waals surface area (Å²) in [7, 11) is 0. The van der Waals surface area contributed by atoms with Crippen molar-refractivity contribution in [3.8, 4) is 0 Å². The van der Waals surface area contributed by atoms with E-state index in [0.29, 0.717) is 18.1 Å². The molecular weight excluding hydrogens is 369 g/mol. The van der Waals surface area contributed by atoms with Crippen molar-refractivity contribution < 1.29 is 4.79 Å². The molecule has 1 atom stereocenters. The highest BCUT2D eigenvalue weighted by molar-refractivity contribution is 6.31. The molecule has 1 aliphatic rings. The molecule has 0 bridgehead atoms. The van der Waals surface area contributed by atoms with Crippen LogP contribution in [0, 0.1) is 0 Å². The Labute approximate surface area is 164 Å². The molecule has 4 nitrogen and oxygen atoms in total. The van der Waals surface area contributed by atoms with Gasteiger partial charge in [-0.3, -0.25) is 0 Å². The Hall–Kier alpha value is -1.91. The smallest absolute Gasteiger partial charge is 0.318 e. The van der Waals surface area contributed by atoms with Crippen molar-refractivity contribution in [3.05, 3.63) is 64.1 Å². The first-order valence-electron chi connectivity index (χ1n) is 8.88. The van der Waals surface area contributed by atoms with Crippen LogP contribution in [-0.2, 0) is 0 Å². The molecule has 1 fully saturated rings. The number of piperazine rings is 1. The van der Waals surface area contributed by atoms with Crippen LogP contribution in [0.25, 0.3) is 0 Å². The lowest BCUT2D eigenvalue weighted by atomic mass is 10.1. The molecule has 1 heterocycles. The minimum Gasteiger partial charge on any atom is -0.368 e. The van der Waals surface area contributed by atoms with Gasteiger partial charge in [-0.15, -0.1) is 0 Å². The van der Waals surface area contributed by atoms with E-state index in [9.17, 15) is 4.79 Å². The lowest BCUT2D eigenvalue weighted by Crippen LogP contribution is -2.52. The number of hydrogen-bond acceptors (Lipinski definition) is 2. The summed E-state index contributed by atoms with van der Waals surface area (Å²) in [6.45, 7) is 5.04. The molecule has 26 heavy (non-hydrogen) atoms. The number of rotatable bonds is 4. The van der Waals surface area contributed by atoms with E-state index >= 15 is 0 Å². The maximum Gasteiger partial charge on any atom is 0.318 e. The van der Waals surface area contributed by atoms with Crippen molar-refractivity contribution in [2.45, 2.75) is 19.4 Å². The van der Waals surface area contributed by atoms with Crippen LogP contribution in [0.5, 0.6) is 0 Å². The van der Waals surface area contributed by atoms with Crippen LogP contribution in [0.15, 0.2) is 48.5 Å². The van der Waals surface area contributed by atoms with Gasteiger partial charge in [0, 0.05) is 41.9 Å². The van der Waals surface area contributed by atoms with Gasteiger partial charge in [-0.05, 0) is 42.3 Å². The van der Waals surface area contributed by atoms with E-state index in [2.05, 4.69) is 23.2 Å². The molecule has 2 aromatic rings. The number of anilines is 1. The number of urea groups is 1. The topological polar surface area (TPSA) is 35.6 Å². The second kappa shape index (κ2) is 8.65. The Morgan fingerprint density at radius 1 is 1.04 bits per heavy atom. The van der Waals surface area contributed by atoms with Gasteiger partial charge in [0.2, 0.25) is 0 Å². The molecule has 1 saturated heterocycles. The highest BCUT2D eigenvalue weighted by Crippen LogP contribution is 2.22. The van der Waals surface area contributed by atoms with Gasteiger partial charge < -0.3 is 15.1 Å². The number of hydrogen-bond donors (Lipinski definition) is 1. The van der Waals surface area contributed by atoms with Gasteiger partial charge in [0.25, 0.3) is 0 Å². The van der Waals surface area contributed by atoms with Crippen LogP contribution in [0.4, 0.5) is 10.5 Å². The fourth-order valence-corrected chi connectivity index (χ4v) is 3.51. The molecule has 1 unspecified atom stereocenters. The third-order valence-corrected chi connectivity index (χ3v) is 5.21. The molecule has 0 radical (unpaired) electrons. The summed E-state index contributed by atoms with van der Waals surface area (Å²) in [5.41, 5.74) is 2.17. The molecule has 2 amide bonds. The Bertz CT molecular complexity index is 743. The second-order valence-corrected chi connectivity index (χ2v) is 7.29. The summed E-state index contributed by atoms with van der Waals surface area (Å²) in [4.78, 5) is 16.8. The maximum atomic E-state index is 12.7. The Morgan fingerprint density at radius 3 is 2.35 bits per heavy atom. The Morgan fingerprint density at radius 2 is 1.73 bits per heavy atom. The van der Waals surface area contributed by atoms with E-state index in [1.54, 1.807) is 0 Å². The predicted octanol–water partition coefficient (Wildman–Crippen LogP) is 4.98. The van der Waals surface area contributed by atoms with E-state index in [0.717, 1.165) is 35.8 Å². The first kappa shape index (κ1) is 18.9. The summed E-state index contributed by atoms with van der Waals surface area (Å²) in [5, 5.41) is 4.57. The molecule has 1 N–H and O–H groups in total. The average molecular weight is 392 g/mol. The molecule has 138 valence electrons. The SMILES string of the molecule is CCC(NC(=O)N1CCN(c2cccc(Cl)c2)CC1)c1ccc(Cl)cc1. The molecule has 1 aliphatic heterocycles. The van der Waals surface area contributed by atoms with Gasteiger partial charge in [-0.25, -0.2) is 4.79 Å². The van der Waals surface area contributed by atoms with E-state index in [1.165, 1.54) is 0 Å². The van der Waals surface area contributed by atoms with E-state index in [1.807, 2.05) is 47.4 Å². The van der Waals surface area contributed by atoms with Crippen molar-refractivity contribution in [2.75, 3.05) is 31.1 Å². The summed E-state index contributed by atoms with van der Waals surface area (Å²) in [6.07, 6.45) is 0.829. The molecule has 2 aromatic carbocycles. The van der Waals surface area contributed by atoms with Gasteiger partial charge in [0.05, 0.1) is 6.04 Å². The molecule has 0 aromatic heterocycles. The largest absolute Gasteiger partial charge is 0.368 e. The highest BCUT2D eigenvalue weighted by Gasteiger charge is 2.23. The lowest BCUT2D eigenvalue weighted by molar-refractivity contribution is 0.190. The first-order valence-corrected chi connectivity index (χ1v) is 9.64. The number of benzene rings is 2. The summed E-state index contributed by atoms with van der Waals surface area (Å²) >= 11 is 12.0. The summed E-state index contributed by atoms with van der Waals surface area (Å²) in [6, 6.07) is 15.5. The van der Waals surface area contributed by atoms with Crippen LogP contribution in [0.3, 0.4) is 0 Å². The van der Waals surface area contributed by atoms with Gasteiger partial charge >= 0.3 is 6.03 Å².